The van der Waals surface area contributed by atoms with Crippen LogP contribution >= 0.6 is 11.3 Å². The third-order valence-electron chi connectivity index (χ3n) is 6.29. The van der Waals surface area contributed by atoms with Crippen molar-refractivity contribution in [2.24, 2.45) is 0 Å². The lowest BCUT2D eigenvalue weighted by Crippen LogP contribution is -2.44. The zero-order valence-corrected chi connectivity index (χ0v) is 18.0. The first-order chi connectivity index (χ1) is 14.6. The van der Waals surface area contributed by atoms with E-state index >= 15 is 0 Å². The van der Waals surface area contributed by atoms with Crippen LogP contribution in [0.1, 0.15) is 45.9 Å². The number of carbonyl (C=O) groups excluding carboxylic acids is 1. The number of nitrogens with zero attached hydrogens (tertiary/aromatic N) is 3. The Hall–Kier alpha value is -2.51. The normalized spacial score (nSPS) is 17.4. The summed E-state index contributed by atoms with van der Waals surface area (Å²) in [6.07, 6.45) is 3.69. The van der Waals surface area contributed by atoms with E-state index in [2.05, 4.69) is 39.5 Å². The molecule has 5 rings (SSSR count). The van der Waals surface area contributed by atoms with Crippen molar-refractivity contribution in [3.8, 4) is 0 Å². The van der Waals surface area contributed by atoms with Crippen LogP contribution in [0.25, 0.3) is 10.2 Å². The molecule has 30 heavy (non-hydrogen) atoms. The number of fused-ring (bicyclic) bond motifs is 2. The van der Waals surface area contributed by atoms with E-state index in [-0.39, 0.29) is 17.5 Å². The van der Waals surface area contributed by atoms with Crippen LogP contribution in [0.5, 0.6) is 0 Å². The molecule has 0 saturated carbocycles. The van der Waals surface area contributed by atoms with Gasteiger partial charge in [0.15, 0.2) is 0 Å². The van der Waals surface area contributed by atoms with E-state index in [9.17, 15) is 9.59 Å². The van der Waals surface area contributed by atoms with Gasteiger partial charge in [-0.25, -0.2) is 4.98 Å². The van der Waals surface area contributed by atoms with Gasteiger partial charge in [0.25, 0.3) is 11.5 Å². The molecular formula is C23H26N4O2S. The van der Waals surface area contributed by atoms with Crippen LogP contribution in [0.15, 0.2) is 35.1 Å². The molecule has 156 valence electrons. The Morgan fingerprint density at radius 3 is 2.73 bits per heavy atom. The van der Waals surface area contributed by atoms with Crippen LogP contribution in [0.2, 0.25) is 0 Å². The van der Waals surface area contributed by atoms with Crippen molar-refractivity contribution < 1.29 is 4.79 Å². The molecule has 4 heterocycles. The predicted octanol–water partition coefficient (Wildman–Crippen LogP) is 3.11. The number of aryl methyl sites for hydroxylation is 2. The second-order valence-electron chi connectivity index (χ2n) is 8.33. The summed E-state index contributed by atoms with van der Waals surface area (Å²) in [6.45, 7) is 5.51. The fourth-order valence-corrected chi connectivity index (χ4v) is 5.71. The predicted molar refractivity (Wildman–Crippen MR) is 119 cm³/mol. The van der Waals surface area contributed by atoms with E-state index in [0.717, 1.165) is 63.3 Å². The summed E-state index contributed by atoms with van der Waals surface area (Å²) in [7, 11) is 0. The lowest BCUT2D eigenvalue weighted by atomic mass is 10.0. The van der Waals surface area contributed by atoms with Gasteiger partial charge in [-0.2, -0.15) is 0 Å². The first-order valence-corrected chi connectivity index (χ1v) is 11.5. The number of nitrogens with one attached hydrogen (secondary N) is 1. The van der Waals surface area contributed by atoms with Crippen LogP contribution in [-0.2, 0) is 19.5 Å². The number of carbonyl (C=O) groups is 1. The summed E-state index contributed by atoms with van der Waals surface area (Å²) in [6, 6.07) is 10.7. The third-order valence-corrected chi connectivity index (χ3v) is 7.47. The zero-order valence-electron chi connectivity index (χ0n) is 17.2. The summed E-state index contributed by atoms with van der Waals surface area (Å²) >= 11 is 1.36. The van der Waals surface area contributed by atoms with Crippen molar-refractivity contribution in [1.82, 2.24) is 19.8 Å². The highest BCUT2D eigenvalue weighted by Gasteiger charge is 2.26. The molecule has 0 bridgehead atoms. The second-order valence-corrected chi connectivity index (χ2v) is 9.33. The Kier molecular flexibility index (Phi) is 5.16. The number of likely N-dealkylation sites (tertiary alicyclic amines) is 1. The van der Waals surface area contributed by atoms with Gasteiger partial charge >= 0.3 is 0 Å². The molecule has 2 aliphatic heterocycles. The molecule has 2 aliphatic rings. The van der Waals surface area contributed by atoms with E-state index in [4.69, 9.17) is 0 Å². The number of thiophene rings is 1. The molecule has 3 aromatic rings. The van der Waals surface area contributed by atoms with Crippen LogP contribution < -0.4 is 10.9 Å². The molecule has 1 fully saturated rings. The number of rotatable bonds is 4. The molecule has 1 N–H and O–H groups in total. The maximum absolute atomic E-state index is 13.0. The van der Waals surface area contributed by atoms with Crippen LogP contribution in [0.4, 0.5) is 0 Å². The average Bonchev–Trinajstić information content (AvgIpc) is 3.35. The van der Waals surface area contributed by atoms with Crippen LogP contribution in [0.3, 0.4) is 0 Å². The standard InChI is InChI=1S/C23H26N4O2S/c1-15-19-22(25-18-8-5-11-27(18)23(19)29)30-20(15)21(28)24-17-9-12-26(13-10-17)14-16-6-3-2-4-7-16/h2-4,6-7,17H,5,8-14H2,1H3,(H,24,28). The summed E-state index contributed by atoms with van der Waals surface area (Å²) < 4.78 is 1.77. The number of benzene rings is 1. The Bertz CT molecular complexity index is 1140. The van der Waals surface area contributed by atoms with Gasteiger partial charge in [0.05, 0.1) is 10.3 Å². The van der Waals surface area contributed by atoms with E-state index in [1.54, 1.807) is 4.57 Å². The topological polar surface area (TPSA) is 67.2 Å². The quantitative estimate of drug-likeness (QED) is 0.702. The van der Waals surface area contributed by atoms with Crippen molar-refractivity contribution in [2.75, 3.05) is 13.1 Å². The molecule has 1 amide bonds. The summed E-state index contributed by atoms with van der Waals surface area (Å²) in [5.74, 6) is 0.785. The van der Waals surface area contributed by atoms with Gasteiger partial charge in [-0.05, 0) is 37.3 Å². The van der Waals surface area contributed by atoms with Crippen molar-refractivity contribution in [2.45, 2.75) is 51.7 Å². The van der Waals surface area contributed by atoms with Gasteiger partial charge in [0, 0.05) is 38.6 Å². The monoisotopic (exact) mass is 422 g/mol. The Morgan fingerprint density at radius 1 is 1.20 bits per heavy atom. The minimum atomic E-state index is -0.0680. The fraction of sp³-hybridized carbons (Fsp3) is 0.435. The van der Waals surface area contributed by atoms with Gasteiger partial charge in [-0.3, -0.25) is 19.1 Å². The molecule has 0 atom stereocenters. The van der Waals surface area contributed by atoms with Gasteiger partial charge in [0.1, 0.15) is 10.7 Å². The molecule has 0 aliphatic carbocycles. The molecule has 1 aromatic carbocycles. The minimum Gasteiger partial charge on any atom is -0.349 e. The van der Waals surface area contributed by atoms with E-state index in [1.165, 1.54) is 16.9 Å². The molecule has 1 saturated heterocycles. The number of piperidine rings is 1. The lowest BCUT2D eigenvalue weighted by Gasteiger charge is -2.32. The Labute approximate surface area is 179 Å². The van der Waals surface area contributed by atoms with Gasteiger partial charge in [-0.1, -0.05) is 30.3 Å². The SMILES string of the molecule is Cc1c(C(=O)NC2CCN(Cc3ccccc3)CC2)sc2nc3n(c(=O)c12)CCC3. The second kappa shape index (κ2) is 7.96. The molecule has 0 radical (unpaired) electrons. The van der Waals surface area contributed by atoms with Gasteiger partial charge in [-0.15, -0.1) is 11.3 Å². The van der Waals surface area contributed by atoms with Gasteiger partial charge in [0.2, 0.25) is 0 Å². The summed E-state index contributed by atoms with van der Waals surface area (Å²) in [5, 5.41) is 3.83. The third kappa shape index (κ3) is 3.56. The summed E-state index contributed by atoms with van der Waals surface area (Å²) in [5.41, 5.74) is 2.11. The minimum absolute atomic E-state index is 0.00881. The van der Waals surface area contributed by atoms with Crippen molar-refractivity contribution >= 4 is 27.5 Å². The molecule has 6 nitrogen and oxygen atoms in total. The Balaban J connectivity index is 1.26. The van der Waals surface area contributed by atoms with Crippen LogP contribution in [0, 0.1) is 6.92 Å². The Morgan fingerprint density at radius 2 is 1.97 bits per heavy atom. The highest BCUT2D eigenvalue weighted by molar-refractivity contribution is 7.20. The number of amides is 1. The van der Waals surface area contributed by atoms with Crippen molar-refractivity contribution in [3.63, 3.8) is 0 Å². The number of hydrogen-bond acceptors (Lipinski definition) is 5. The van der Waals surface area contributed by atoms with E-state index in [0.29, 0.717) is 15.1 Å². The number of aromatic nitrogens is 2. The highest BCUT2D eigenvalue weighted by atomic mass is 32.1. The van der Waals surface area contributed by atoms with E-state index < -0.39 is 0 Å². The van der Waals surface area contributed by atoms with Crippen molar-refractivity contribution in [3.05, 3.63) is 62.5 Å². The summed E-state index contributed by atoms with van der Waals surface area (Å²) in [4.78, 5) is 34.3. The molecule has 2 aromatic heterocycles. The number of hydrogen-bond donors (Lipinski definition) is 1. The molecule has 7 heteroatoms. The first-order valence-electron chi connectivity index (χ1n) is 10.7. The lowest BCUT2D eigenvalue weighted by molar-refractivity contribution is 0.0912. The zero-order chi connectivity index (χ0) is 20.7. The highest BCUT2D eigenvalue weighted by Crippen LogP contribution is 2.29. The average molecular weight is 423 g/mol. The maximum Gasteiger partial charge on any atom is 0.262 e. The molecular weight excluding hydrogens is 396 g/mol. The fourth-order valence-electron chi connectivity index (χ4n) is 4.62. The van der Waals surface area contributed by atoms with Crippen LogP contribution in [-0.4, -0.2) is 39.5 Å². The maximum atomic E-state index is 13.0. The van der Waals surface area contributed by atoms with Crippen molar-refractivity contribution in [1.29, 1.82) is 0 Å². The van der Waals surface area contributed by atoms with E-state index in [1.807, 2.05) is 13.0 Å². The van der Waals surface area contributed by atoms with Gasteiger partial charge < -0.3 is 5.32 Å². The smallest absolute Gasteiger partial charge is 0.262 e. The molecule has 0 spiro atoms. The molecule has 0 unspecified atom stereocenters. The first kappa shape index (κ1) is 19.5. The largest absolute Gasteiger partial charge is 0.349 e.